The normalized spacial score (nSPS) is 22.2. The van der Waals surface area contributed by atoms with Gasteiger partial charge in [-0.25, -0.2) is 0 Å². The predicted octanol–water partition coefficient (Wildman–Crippen LogP) is 0.357. The summed E-state index contributed by atoms with van der Waals surface area (Å²) in [6, 6.07) is 0. The Balaban J connectivity index is 5.06. The molecule has 4 atom stereocenters. The topological polar surface area (TPSA) is 80.9 Å². The average Bonchev–Trinajstić information content (AvgIpc) is 1.82. The summed E-state index contributed by atoms with van der Waals surface area (Å²) in [4.78, 5) is 0. The molecule has 0 rings (SSSR count). The van der Waals surface area contributed by atoms with Crippen molar-refractivity contribution in [3.8, 4) is 0 Å². The molecule has 0 unspecified atom stereocenters. The van der Waals surface area contributed by atoms with Gasteiger partial charge in [0.05, 0.1) is 0 Å². The maximum Gasteiger partial charge on any atom is 0.169 e. The lowest BCUT2D eigenvalue weighted by Crippen LogP contribution is -2.34. The average molecular weight is 211 g/mol. The summed E-state index contributed by atoms with van der Waals surface area (Å²) in [5.41, 5.74) is 0. The molecule has 13 heavy (non-hydrogen) atoms. The van der Waals surface area contributed by atoms with Crippen molar-refractivity contribution < 1.29 is 20.4 Å². The molecule has 80 valence electrons. The van der Waals surface area contributed by atoms with Crippen LogP contribution in [0.25, 0.3) is 0 Å². The van der Waals surface area contributed by atoms with Gasteiger partial charge in [-0.3, -0.25) is 0 Å². The van der Waals surface area contributed by atoms with E-state index in [-0.39, 0.29) is 0 Å². The van der Waals surface area contributed by atoms with Gasteiger partial charge in [-0.05, 0) is 27.7 Å². The van der Waals surface area contributed by atoms with Crippen LogP contribution in [0.1, 0.15) is 27.7 Å². The summed E-state index contributed by atoms with van der Waals surface area (Å²) in [6.07, 6.45) is 0. The molecule has 0 aliphatic heterocycles. The van der Waals surface area contributed by atoms with Crippen molar-refractivity contribution in [2.45, 2.75) is 51.1 Å². The Morgan fingerprint density at radius 1 is 0.615 bits per heavy atom. The highest BCUT2D eigenvalue weighted by atomic mass is 31.2. The van der Waals surface area contributed by atoms with Crippen LogP contribution in [0.5, 0.6) is 0 Å². The number of hydrogen-bond donors (Lipinski definition) is 4. The molecule has 4 nitrogen and oxygen atoms in total. The molecule has 0 aliphatic carbocycles. The zero-order valence-electron chi connectivity index (χ0n) is 8.55. The van der Waals surface area contributed by atoms with Crippen LogP contribution in [0, 0.1) is 0 Å². The van der Waals surface area contributed by atoms with Gasteiger partial charge < -0.3 is 20.4 Å². The Hall–Kier alpha value is 0.270. The van der Waals surface area contributed by atoms with E-state index in [1.165, 1.54) is 27.7 Å². The first-order valence-electron chi connectivity index (χ1n) is 4.37. The van der Waals surface area contributed by atoms with Crippen LogP contribution in [0.15, 0.2) is 0 Å². The largest absolute Gasteiger partial charge is 0.359 e. The van der Waals surface area contributed by atoms with Crippen molar-refractivity contribution in [1.29, 1.82) is 0 Å². The van der Waals surface area contributed by atoms with E-state index in [2.05, 4.69) is 0 Å². The van der Waals surface area contributed by atoms with E-state index >= 15 is 0 Å². The number of aliphatic hydroxyl groups is 4. The van der Waals surface area contributed by atoms with Crippen molar-refractivity contribution in [2.24, 2.45) is 0 Å². The molecule has 0 saturated heterocycles. The summed E-state index contributed by atoms with van der Waals surface area (Å²) < 4.78 is 0. The molecular weight excluding hydrogens is 191 g/mol. The van der Waals surface area contributed by atoms with Gasteiger partial charge in [-0.15, -0.1) is 0 Å². The van der Waals surface area contributed by atoms with Gasteiger partial charge in [0.25, 0.3) is 0 Å². The highest BCUT2D eigenvalue weighted by Gasteiger charge is 2.56. The Kier molecular flexibility index (Phi) is 4.77. The van der Waals surface area contributed by atoms with Crippen LogP contribution in [0.3, 0.4) is 0 Å². The van der Waals surface area contributed by atoms with E-state index in [4.69, 9.17) is 0 Å². The lowest BCUT2D eigenvalue weighted by atomic mass is 10.8. The smallest absolute Gasteiger partial charge is 0.169 e. The molecule has 0 aromatic rings. The highest BCUT2D eigenvalue weighted by Crippen LogP contribution is 2.70. The number of rotatable bonds is 4. The third-order valence-electron chi connectivity index (χ3n) is 2.59. The minimum atomic E-state index is -2.56. The third-order valence-corrected chi connectivity index (χ3v) is 7.77. The van der Waals surface area contributed by atoms with Crippen molar-refractivity contribution in [3.63, 3.8) is 0 Å². The van der Waals surface area contributed by atoms with Gasteiger partial charge in [-0.2, -0.15) is 0 Å². The second-order valence-corrected chi connectivity index (χ2v) is 8.20. The van der Waals surface area contributed by atoms with Gasteiger partial charge in [0, 0.05) is 0 Å². The van der Waals surface area contributed by atoms with E-state index in [0.29, 0.717) is 0 Å². The molecule has 0 amide bonds. The molecule has 0 radical (unpaired) electrons. The van der Waals surface area contributed by atoms with Crippen molar-refractivity contribution >= 4 is 7.26 Å². The molecule has 0 aliphatic rings. The van der Waals surface area contributed by atoms with Crippen LogP contribution in [-0.2, 0) is 0 Å². The summed E-state index contributed by atoms with van der Waals surface area (Å²) in [6.45, 7) is 6.00. The van der Waals surface area contributed by atoms with E-state index in [1.54, 1.807) is 0 Å². The molecule has 0 heterocycles. The molecule has 0 fully saturated rings. The Morgan fingerprint density at radius 3 is 0.769 bits per heavy atom. The summed E-state index contributed by atoms with van der Waals surface area (Å²) in [5.74, 6) is -3.47. The van der Waals surface area contributed by atoms with Crippen LogP contribution in [0.4, 0.5) is 0 Å². The first-order valence-corrected chi connectivity index (χ1v) is 6.44. The second-order valence-electron chi connectivity index (χ2n) is 3.42. The molecular formula is C8H20O4P+. The fourth-order valence-corrected chi connectivity index (χ4v) is 5.62. The quantitative estimate of drug-likeness (QED) is 0.506. The van der Waals surface area contributed by atoms with Crippen molar-refractivity contribution in [3.05, 3.63) is 0 Å². The monoisotopic (exact) mass is 211 g/mol. The lowest BCUT2D eigenvalue weighted by molar-refractivity contribution is 0.175. The van der Waals surface area contributed by atoms with Crippen LogP contribution in [-0.4, -0.2) is 43.8 Å². The first kappa shape index (κ1) is 13.3. The van der Waals surface area contributed by atoms with Crippen LogP contribution in [0.2, 0.25) is 0 Å². The lowest BCUT2D eigenvalue weighted by Gasteiger charge is -2.36. The van der Waals surface area contributed by atoms with Gasteiger partial charge in [0.2, 0.25) is 0 Å². The fourth-order valence-electron chi connectivity index (χ4n) is 1.87. The zero-order chi connectivity index (χ0) is 10.8. The Bertz CT molecular complexity index is 119. The number of aliphatic hydroxyl groups excluding tert-OH is 4. The van der Waals surface area contributed by atoms with E-state index < -0.39 is 30.6 Å². The van der Waals surface area contributed by atoms with E-state index in [9.17, 15) is 20.4 Å². The van der Waals surface area contributed by atoms with Crippen molar-refractivity contribution in [2.75, 3.05) is 0 Å². The Morgan fingerprint density at radius 2 is 0.769 bits per heavy atom. The summed E-state index contributed by atoms with van der Waals surface area (Å²) in [5, 5.41) is 38.2. The van der Waals surface area contributed by atoms with Gasteiger partial charge in [-0.1, -0.05) is 0 Å². The standard InChI is InChI=1S/C8H20O4P/c1-5(9)13(6(2)10,7(3)11)8(4)12/h5-12H,1-4H3/q+1/t5-,6-,7+,8+. The minimum Gasteiger partial charge on any atom is -0.359 e. The van der Waals surface area contributed by atoms with Crippen molar-refractivity contribution in [1.82, 2.24) is 0 Å². The molecule has 4 N–H and O–H groups in total. The third kappa shape index (κ3) is 2.20. The van der Waals surface area contributed by atoms with Gasteiger partial charge in [0.15, 0.2) is 23.4 Å². The maximum absolute atomic E-state index is 9.54. The molecule has 0 saturated carbocycles. The fraction of sp³-hybridized carbons (Fsp3) is 1.00. The van der Waals surface area contributed by atoms with Gasteiger partial charge in [0.1, 0.15) is 7.26 Å². The Labute approximate surface area is 79.6 Å². The minimum absolute atomic E-state index is 0.868. The van der Waals surface area contributed by atoms with E-state index in [0.717, 1.165) is 0 Å². The predicted molar refractivity (Wildman–Crippen MR) is 53.6 cm³/mol. The van der Waals surface area contributed by atoms with Crippen LogP contribution >= 0.6 is 7.26 Å². The molecule has 0 aromatic heterocycles. The first-order chi connectivity index (χ1) is 5.77. The molecule has 0 spiro atoms. The number of hydrogen-bond acceptors (Lipinski definition) is 4. The molecule has 0 bridgehead atoms. The summed E-state index contributed by atoms with van der Waals surface area (Å²) in [7, 11) is -2.56. The van der Waals surface area contributed by atoms with E-state index in [1.807, 2.05) is 0 Å². The maximum atomic E-state index is 9.54. The van der Waals surface area contributed by atoms with Crippen LogP contribution < -0.4 is 0 Å². The summed E-state index contributed by atoms with van der Waals surface area (Å²) >= 11 is 0. The molecule has 5 heteroatoms. The second kappa shape index (κ2) is 4.67. The zero-order valence-corrected chi connectivity index (χ0v) is 9.44. The van der Waals surface area contributed by atoms with Gasteiger partial charge >= 0.3 is 0 Å². The SMILES string of the molecule is C[C@H](O)[P+]([C@H](C)O)([C@@H](C)O)[C@@H](C)O. The highest BCUT2D eigenvalue weighted by molar-refractivity contribution is 7.77. The molecule has 0 aromatic carbocycles.